The van der Waals surface area contributed by atoms with Crippen LogP contribution in [0.1, 0.15) is 23.9 Å². The molecule has 2 aromatic rings. The summed E-state index contributed by atoms with van der Waals surface area (Å²) in [5.41, 5.74) is 0.750. The second-order valence-electron chi connectivity index (χ2n) is 6.31. The average molecular weight is 345 g/mol. The first kappa shape index (κ1) is 17.1. The van der Waals surface area contributed by atoms with Crippen molar-refractivity contribution in [2.45, 2.75) is 19.0 Å². The Labute approximate surface area is 145 Å². The molecule has 0 aliphatic carbocycles. The third kappa shape index (κ3) is 3.24. The van der Waals surface area contributed by atoms with Crippen molar-refractivity contribution in [2.75, 3.05) is 14.1 Å². The molecule has 2 amide bonds. The number of carbonyl (C=O) groups excluding carboxylic acids is 2. The number of hydrogen-bond donors (Lipinski definition) is 0. The summed E-state index contributed by atoms with van der Waals surface area (Å²) in [4.78, 5) is 32.4. The smallest absolute Gasteiger partial charge is 0.228 e. The van der Waals surface area contributed by atoms with Crippen LogP contribution < -0.4 is 0 Å². The maximum atomic E-state index is 13.2. The predicted octanol–water partition coefficient (Wildman–Crippen LogP) is 1.13. The fraction of sp³-hybridized carbons (Fsp3) is 0.412. The Hall–Kier alpha value is -2.77. The molecular formula is C17H20FN5O2. The average Bonchev–Trinajstić information content (AvgIpc) is 3.12. The van der Waals surface area contributed by atoms with Crippen molar-refractivity contribution in [1.29, 1.82) is 0 Å². The quantitative estimate of drug-likeness (QED) is 0.833. The van der Waals surface area contributed by atoms with Gasteiger partial charge in [-0.2, -0.15) is 5.10 Å². The number of aromatic nitrogens is 3. The number of halogens is 1. The first-order valence-corrected chi connectivity index (χ1v) is 7.97. The van der Waals surface area contributed by atoms with E-state index in [9.17, 15) is 14.0 Å². The highest BCUT2D eigenvalue weighted by atomic mass is 19.1. The van der Waals surface area contributed by atoms with Crippen LogP contribution >= 0.6 is 0 Å². The summed E-state index contributed by atoms with van der Waals surface area (Å²) in [6, 6.07) is 5.53. The lowest BCUT2D eigenvalue weighted by atomic mass is 9.92. The van der Waals surface area contributed by atoms with Gasteiger partial charge in [0.2, 0.25) is 11.8 Å². The zero-order valence-corrected chi connectivity index (χ0v) is 14.4. The molecule has 1 saturated heterocycles. The summed E-state index contributed by atoms with van der Waals surface area (Å²) in [5.74, 6) is -0.444. The van der Waals surface area contributed by atoms with Crippen molar-refractivity contribution in [2.24, 2.45) is 13.0 Å². The van der Waals surface area contributed by atoms with Crippen LogP contribution in [0.4, 0.5) is 4.39 Å². The van der Waals surface area contributed by atoms with E-state index in [0.29, 0.717) is 12.4 Å². The van der Waals surface area contributed by atoms with E-state index in [1.165, 1.54) is 18.5 Å². The van der Waals surface area contributed by atoms with Crippen LogP contribution in [-0.4, -0.2) is 50.5 Å². The van der Waals surface area contributed by atoms with E-state index in [4.69, 9.17) is 0 Å². The molecule has 1 aromatic heterocycles. The van der Waals surface area contributed by atoms with Crippen LogP contribution in [0.5, 0.6) is 0 Å². The Balaban J connectivity index is 1.83. The second-order valence-corrected chi connectivity index (χ2v) is 6.31. The molecule has 1 aliphatic rings. The van der Waals surface area contributed by atoms with Gasteiger partial charge in [-0.25, -0.2) is 9.37 Å². The van der Waals surface area contributed by atoms with E-state index in [0.717, 1.165) is 5.56 Å². The largest absolute Gasteiger partial charge is 0.338 e. The number of nitrogens with zero attached hydrogens (tertiary/aromatic N) is 5. The normalized spacial score (nSPS) is 20.2. The molecule has 8 heteroatoms. The van der Waals surface area contributed by atoms with Crippen LogP contribution in [0, 0.1) is 11.7 Å². The molecule has 2 heterocycles. The van der Waals surface area contributed by atoms with Crippen LogP contribution in [0.25, 0.3) is 0 Å². The lowest BCUT2D eigenvalue weighted by molar-refractivity contribution is -0.136. The van der Waals surface area contributed by atoms with Crippen molar-refractivity contribution in [3.63, 3.8) is 0 Å². The third-order valence-corrected chi connectivity index (χ3v) is 4.67. The summed E-state index contributed by atoms with van der Waals surface area (Å²) in [7, 11) is 5.11. The monoisotopic (exact) mass is 345 g/mol. The summed E-state index contributed by atoms with van der Waals surface area (Å²) in [5, 5.41) is 3.99. The molecule has 1 aliphatic heterocycles. The maximum Gasteiger partial charge on any atom is 0.228 e. The number of benzene rings is 1. The lowest BCUT2D eigenvalue weighted by Gasteiger charge is -2.27. The van der Waals surface area contributed by atoms with E-state index in [1.54, 1.807) is 47.8 Å². The van der Waals surface area contributed by atoms with Gasteiger partial charge < -0.3 is 9.80 Å². The summed E-state index contributed by atoms with van der Waals surface area (Å²) in [6.07, 6.45) is 1.57. The maximum absolute atomic E-state index is 13.2. The minimum Gasteiger partial charge on any atom is -0.338 e. The highest BCUT2D eigenvalue weighted by Gasteiger charge is 2.43. The molecular weight excluding hydrogens is 325 g/mol. The molecule has 3 rings (SSSR count). The van der Waals surface area contributed by atoms with Crippen LogP contribution in [0.3, 0.4) is 0 Å². The van der Waals surface area contributed by atoms with E-state index in [2.05, 4.69) is 10.1 Å². The number of carbonyl (C=O) groups is 2. The minimum atomic E-state index is -0.513. The molecule has 0 unspecified atom stereocenters. The Bertz CT molecular complexity index is 789. The molecule has 0 saturated carbocycles. The predicted molar refractivity (Wildman–Crippen MR) is 87.5 cm³/mol. The molecule has 1 aromatic carbocycles. The van der Waals surface area contributed by atoms with Gasteiger partial charge in [0.25, 0.3) is 0 Å². The molecule has 0 radical (unpaired) electrons. The highest BCUT2D eigenvalue weighted by molar-refractivity contribution is 5.90. The fourth-order valence-corrected chi connectivity index (χ4v) is 3.24. The van der Waals surface area contributed by atoms with E-state index < -0.39 is 12.0 Å². The Morgan fingerprint density at radius 1 is 1.32 bits per heavy atom. The first-order chi connectivity index (χ1) is 11.9. The van der Waals surface area contributed by atoms with Crippen LogP contribution in [-0.2, 0) is 23.2 Å². The highest BCUT2D eigenvalue weighted by Crippen LogP contribution is 2.38. The van der Waals surface area contributed by atoms with E-state index in [1.807, 2.05) is 0 Å². The van der Waals surface area contributed by atoms with Gasteiger partial charge in [-0.15, -0.1) is 0 Å². The van der Waals surface area contributed by atoms with Crippen molar-refractivity contribution >= 4 is 11.8 Å². The van der Waals surface area contributed by atoms with Crippen molar-refractivity contribution in [3.8, 4) is 0 Å². The summed E-state index contributed by atoms with van der Waals surface area (Å²) in [6.45, 7) is 0.305. The molecule has 0 bridgehead atoms. The minimum absolute atomic E-state index is 0.0975. The van der Waals surface area contributed by atoms with Crippen molar-refractivity contribution in [3.05, 3.63) is 47.8 Å². The van der Waals surface area contributed by atoms with Gasteiger partial charge in [-0.1, -0.05) is 12.1 Å². The van der Waals surface area contributed by atoms with Gasteiger partial charge in [-0.05, 0) is 17.7 Å². The van der Waals surface area contributed by atoms with Gasteiger partial charge in [-0.3, -0.25) is 14.3 Å². The van der Waals surface area contributed by atoms with Gasteiger partial charge >= 0.3 is 0 Å². The molecule has 7 nitrogen and oxygen atoms in total. The first-order valence-electron chi connectivity index (χ1n) is 7.97. The topological polar surface area (TPSA) is 71.3 Å². The molecule has 25 heavy (non-hydrogen) atoms. The summed E-state index contributed by atoms with van der Waals surface area (Å²) >= 11 is 0. The number of likely N-dealkylation sites (tertiary alicyclic amines) is 1. The molecule has 132 valence electrons. The van der Waals surface area contributed by atoms with Gasteiger partial charge in [0.15, 0.2) is 0 Å². The molecule has 1 fully saturated rings. The van der Waals surface area contributed by atoms with E-state index >= 15 is 0 Å². The van der Waals surface area contributed by atoms with Crippen LogP contribution in [0.2, 0.25) is 0 Å². The van der Waals surface area contributed by atoms with Gasteiger partial charge in [0.1, 0.15) is 18.0 Å². The second kappa shape index (κ2) is 6.62. The fourth-order valence-electron chi connectivity index (χ4n) is 3.24. The SMILES string of the molecule is CN(Cc1ncnn1C)C(=O)[C@H]1CC(=O)N(C)[C@H]1c1ccc(F)cc1. The Kier molecular flexibility index (Phi) is 4.52. The molecule has 0 spiro atoms. The van der Waals surface area contributed by atoms with Crippen molar-refractivity contribution in [1.82, 2.24) is 24.6 Å². The van der Waals surface area contributed by atoms with Gasteiger partial charge in [0, 0.05) is 27.6 Å². The number of hydrogen-bond acceptors (Lipinski definition) is 4. The van der Waals surface area contributed by atoms with Gasteiger partial charge in [0.05, 0.1) is 18.5 Å². The summed E-state index contributed by atoms with van der Waals surface area (Å²) < 4.78 is 14.8. The number of aryl methyl sites for hydroxylation is 1. The zero-order chi connectivity index (χ0) is 18.1. The van der Waals surface area contributed by atoms with E-state index in [-0.39, 0.29) is 24.1 Å². The number of rotatable bonds is 4. The Morgan fingerprint density at radius 2 is 2.00 bits per heavy atom. The standard InChI is InChI=1S/C17H20FN5O2/c1-21(9-14-19-10-20-23(14)3)17(25)13-8-15(24)22(2)16(13)11-4-6-12(18)7-5-11/h4-7,10,13,16H,8-9H2,1-3H3/t13-,16-/m0/s1. The third-order valence-electron chi connectivity index (χ3n) is 4.67. The Morgan fingerprint density at radius 3 is 2.60 bits per heavy atom. The molecule has 2 atom stereocenters. The lowest BCUT2D eigenvalue weighted by Crippen LogP contribution is -2.36. The molecule has 0 N–H and O–H groups in total. The van der Waals surface area contributed by atoms with Crippen molar-refractivity contribution < 1.29 is 14.0 Å². The zero-order valence-electron chi connectivity index (χ0n) is 14.4. The number of amides is 2. The van der Waals surface area contributed by atoms with Crippen LogP contribution in [0.15, 0.2) is 30.6 Å².